The fourth-order valence-corrected chi connectivity index (χ4v) is 2.81. The first-order chi connectivity index (χ1) is 8.06. The molecule has 0 radical (unpaired) electrons. The normalized spacial score (nSPS) is 13.3. The van der Waals surface area contributed by atoms with Crippen molar-refractivity contribution in [2.45, 2.75) is 31.7 Å². The zero-order valence-corrected chi connectivity index (χ0v) is 12.9. The summed E-state index contributed by atoms with van der Waals surface area (Å²) in [5.74, 6) is 0.898. The fourth-order valence-electron chi connectivity index (χ4n) is 1.47. The van der Waals surface area contributed by atoms with E-state index in [-0.39, 0.29) is 6.04 Å². The lowest BCUT2D eigenvalue weighted by molar-refractivity contribution is 0.182. The van der Waals surface area contributed by atoms with Crippen LogP contribution in [-0.4, -0.2) is 34.5 Å². The van der Waals surface area contributed by atoms with Crippen LogP contribution in [0.2, 0.25) is 0 Å². The Morgan fingerprint density at radius 1 is 1.59 bits per heavy atom. The van der Waals surface area contributed by atoms with E-state index in [9.17, 15) is 0 Å². The molecule has 1 atom stereocenters. The van der Waals surface area contributed by atoms with Gasteiger partial charge in [0.05, 0.1) is 35.6 Å². The maximum Gasteiger partial charge on any atom is 0.0702 e. The van der Waals surface area contributed by atoms with Crippen molar-refractivity contribution < 1.29 is 4.74 Å². The monoisotopic (exact) mass is 321 g/mol. The number of nitrogens with zero attached hydrogens (tertiary/aromatic N) is 2. The second-order valence-corrected chi connectivity index (χ2v) is 6.55. The molecule has 0 aliphatic carbocycles. The Labute approximate surface area is 115 Å². The third-order valence-electron chi connectivity index (χ3n) is 2.30. The predicted molar refractivity (Wildman–Crippen MR) is 76.3 cm³/mol. The van der Waals surface area contributed by atoms with Crippen LogP contribution in [0.25, 0.3) is 0 Å². The van der Waals surface area contributed by atoms with Gasteiger partial charge in [-0.1, -0.05) is 13.8 Å². The molecule has 0 aromatic carbocycles. The molecule has 0 spiro atoms. The Morgan fingerprint density at radius 2 is 2.29 bits per heavy atom. The smallest absolute Gasteiger partial charge is 0.0702 e. The summed E-state index contributed by atoms with van der Waals surface area (Å²) >= 11 is 5.36. The van der Waals surface area contributed by atoms with Crippen molar-refractivity contribution in [2.24, 2.45) is 5.73 Å². The van der Waals surface area contributed by atoms with Gasteiger partial charge in [0.25, 0.3) is 0 Å². The molecule has 1 aromatic heterocycles. The molecule has 4 nitrogen and oxygen atoms in total. The summed E-state index contributed by atoms with van der Waals surface area (Å²) in [5.41, 5.74) is 7.26. The van der Waals surface area contributed by atoms with Gasteiger partial charge in [-0.3, -0.25) is 4.68 Å². The Balaban J connectivity index is 2.69. The molecule has 17 heavy (non-hydrogen) atoms. The second kappa shape index (κ2) is 7.41. The highest BCUT2D eigenvalue weighted by Crippen LogP contribution is 2.25. The minimum absolute atomic E-state index is 0.00358. The average molecular weight is 322 g/mol. The van der Waals surface area contributed by atoms with E-state index in [1.807, 2.05) is 16.4 Å². The van der Waals surface area contributed by atoms with E-state index < -0.39 is 0 Å². The predicted octanol–water partition coefficient (Wildman–Crippen LogP) is 2.43. The molecule has 6 heteroatoms. The first-order valence-electron chi connectivity index (χ1n) is 5.63. The number of ether oxygens (including phenoxy) is 1. The highest BCUT2D eigenvalue weighted by Gasteiger charge is 2.16. The van der Waals surface area contributed by atoms with Gasteiger partial charge in [0.2, 0.25) is 0 Å². The molecule has 1 heterocycles. The number of thioether (sulfide) groups is 1. The summed E-state index contributed by atoms with van der Waals surface area (Å²) in [7, 11) is 1.69. The molecular formula is C11H20BrN3OS. The van der Waals surface area contributed by atoms with E-state index in [2.05, 4.69) is 34.9 Å². The Bertz CT molecular complexity index is 343. The quantitative estimate of drug-likeness (QED) is 0.838. The summed E-state index contributed by atoms with van der Waals surface area (Å²) in [6.07, 6.45) is 1.80. The molecule has 0 amide bonds. The van der Waals surface area contributed by atoms with E-state index in [4.69, 9.17) is 10.5 Å². The van der Waals surface area contributed by atoms with E-state index in [0.29, 0.717) is 11.9 Å². The third kappa shape index (κ3) is 4.62. The van der Waals surface area contributed by atoms with Crippen LogP contribution in [0.1, 0.15) is 25.6 Å². The molecule has 1 rings (SSSR count). The van der Waals surface area contributed by atoms with Gasteiger partial charge in [-0.25, -0.2) is 0 Å². The second-order valence-electron chi connectivity index (χ2n) is 4.08. The molecule has 0 aliphatic heterocycles. The maximum atomic E-state index is 6.21. The fraction of sp³-hybridized carbons (Fsp3) is 0.727. The van der Waals surface area contributed by atoms with Crippen LogP contribution in [0.4, 0.5) is 0 Å². The van der Waals surface area contributed by atoms with Crippen molar-refractivity contribution in [1.29, 1.82) is 0 Å². The average Bonchev–Trinajstić information content (AvgIpc) is 2.64. The molecule has 0 aliphatic rings. The van der Waals surface area contributed by atoms with Crippen molar-refractivity contribution in [2.75, 3.05) is 19.5 Å². The molecule has 1 aromatic rings. The van der Waals surface area contributed by atoms with Crippen molar-refractivity contribution in [3.8, 4) is 0 Å². The molecule has 0 saturated heterocycles. The van der Waals surface area contributed by atoms with Crippen LogP contribution in [0.15, 0.2) is 10.7 Å². The van der Waals surface area contributed by atoms with Gasteiger partial charge in [0, 0.05) is 12.9 Å². The van der Waals surface area contributed by atoms with Gasteiger partial charge in [-0.05, 0) is 21.2 Å². The molecule has 0 fully saturated rings. The van der Waals surface area contributed by atoms with E-state index in [1.54, 1.807) is 13.3 Å². The van der Waals surface area contributed by atoms with Crippen molar-refractivity contribution in [1.82, 2.24) is 9.78 Å². The summed E-state index contributed by atoms with van der Waals surface area (Å²) in [6.45, 7) is 5.73. The lowest BCUT2D eigenvalue weighted by Gasteiger charge is -2.15. The van der Waals surface area contributed by atoms with Gasteiger partial charge in [0.1, 0.15) is 0 Å². The molecule has 98 valence electrons. The number of halogens is 1. The van der Waals surface area contributed by atoms with Crippen LogP contribution in [0.3, 0.4) is 0 Å². The van der Waals surface area contributed by atoms with Gasteiger partial charge in [-0.2, -0.15) is 16.9 Å². The molecule has 0 saturated carbocycles. The number of hydrogen-bond acceptors (Lipinski definition) is 4. The minimum Gasteiger partial charge on any atom is -0.383 e. The van der Waals surface area contributed by atoms with Crippen molar-refractivity contribution in [3.05, 3.63) is 16.4 Å². The summed E-state index contributed by atoms with van der Waals surface area (Å²) in [5, 5.41) is 4.89. The number of nitrogens with two attached hydrogens (primary N) is 1. The highest BCUT2D eigenvalue weighted by atomic mass is 79.9. The van der Waals surface area contributed by atoms with Crippen molar-refractivity contribution in [3.63, 3.8) is 0 Å². The maximum absolute atomic E-state index is 6.21. The molecule has 0 bridgehead atoms. The van der Waals surface area contributed by atoms with Crippen molar-refractivity contribution >= 4 is 27.7 Å². The molecular weight excluding hydrogens is 302 g/mol. The lowest BCUT2D eigenvalue weighted by Crippen LogP contribution is -2.21. The number of rotatable bonds is 7. The Hall–Kier alpha value is -0.0400. The standard InChI is InChI=1S/C11H20BrN3OS/c1-8(2)17-7-10(13)11-9(12)6-14-15(11)4-5-16-3/h6,8,10H,4-5,7,13H2,1-3H3. The van der Waals surface area contributed by atoms with Crippen LogP contribution >= 0.6 is 27.7 Å². The van der Waals surface area contributed by atoms with Crippen LogP contribution in [-0.2, 0) is 11.3 Å². The summed E-state index contributed by atoms with van der Waals surface area (Å²) in [4.78, 5) is 0. The minimum atomic E-state index is -0.00358. The first kappa shape index (κ1) is 15.0. The van der Waals surface area contributed by atoms with E-state index in [1.165, 1.54) is 0 Å². The number of hydrogen-bond donors (Lipinski definition) is 1. The van der Waals surface area contributed by atoms with Crippen LogP contribution in [0.5, 0.6) is 0 Å². The van der Waals surface area contributed by atoms with E-state index >= 15 is 0 Å². The summed E-state index contributed by atoms with van der Waals surface area (Å²) in [6, 6.07) is -0.00358. The van der Waals surface area contributed by atoms with Gasteiger partial charge >= 0.3 is 0 Å². The summed E-state index contributed by atoms with van der Waals surface area (Å²) < 4.78 is 7.96. The zero-order chi connectivity index (χ0) is 12.8. The van der Waals surface area contributed by atoms with Gasteiger partial charge in [-0.15, -0.1) is 0 Å². The zero-order valence-electron chi connectivity index (χ0n) is 10.5. The van der Waals surface area contributed by atoms with Gasteiger partial charge in [0.15, 0.2) is 0 Å². The van der Waals surface area contributed by atoms with E-state index in [0.717, 1.165) is 22.5 Å². The molecule has 2 N–H and O–H groups in total. The third-order valence-corrected chi connectivity index (χ3v) is 4.13. The van der Waals surface area contributed by atoms with Gasteiger partial charge < -0.3 is 10.5 Å². The van der Waals surface area contributed by atoms with Crippen LogP contribution < -0.4 is 5.73 Å². The Kier molecular flexibility index (Phi) is 6.54. The van der Waals surface area contributed by atoms with Crippen LogP contribution in [0, 0.1) is 0 Å². The molecule has 1 unspecified atom stereocenters. The Morgan fingerprint density at radius 3 is 2.88 bits per heavy atom. The SMILES string of the molecule is COCCn1ncc(Br)c1C(N)CSC(C)C. The number of aromatic nitrogens is 2. The topological polar surface area (TPSA) is 53.1 Å². The first-order valence-corrected chi connectivity index (χ1v) is 7.47. The lowest BCUT2D eigenvalue weighted by atomic mass is 10.2. The number of methoxy groups -OCH3 is 1. The highest BCUT2D eigenvalue weighted by molar-refractivity contribution is 9.10. The largest absolute Gasteiger partial charge is 0.383 e.